The molecule has 1 fully saturated rings. The maximum atomic E-state index is 12.7. The summed E-state index contributed by atoms with van der Waals surface area (Å²) >= 11 is 0. The molecule has 2 N–H and O–H groups in total. The van der Waals surface area contributed by atoms with Gasteiger partial charge in [-0.1, -0.05) is 20.8 Å². The van der Waals surface area contributed by atoms with Crippen molar-refractivity contribution in [3.63, 3.8) is 0 Å². The van der Waals surface area contributed by atoms with Crippen LogP contribution in [-0.4, -0.2) is 61.6 Å². The van der Waals surface area contributed by atoms with Gasteiger partial charge in [0, 0.05) is 19.6 Å². The zero-order chi connectivity index (χ0) is 20.0. The molecule has 0 spiro atoms. The smallest absolute Gasteiger partial charge is 0.257 e. The second kappa shape index (κ2) is 9.37. The van der Waals surface area contributed by atoms with Gasteiger partial charge in [0.25, 0.3) is 5.91 Å². The fourth-order valence-corrected chi connectivity index (χ4v) is 2.94. The molecule has 0 aliphatic carbocycles. The molecule has 1 aromatic heterocycles. The summed E-state index contributed by atoms with van der Waals surface area (Å²) in [4.78, 5) is 19.5. The number of anilines is 1. The third kappa shape index (κ3) is 5.81. The molecule has 2 rings (SSSR count). The van der Waals surface area contributed by atoms with Crippen LogP contribution in [0.3, 0.4) is 0 Å². The number of pyridine rings is 1. The Morgan fingerprint density at radius 3 is 2.67 bits per heavy atom. The van der Waals surface area contributed by atoms with Crippen molar-refractivity contribution < 1.29 is 19.4 Å². The molecule has 0 saturated carbocycles. The molecule has 1 aromatic rings. The van der Waals surface area contributed by atoms with Gasteiger partial charge in [-0.2, -0.15) is 4.98 Å². The van der Waals surface area contributed by atoms with E-state index < -0.39 is 6.10 Å². The number of aryl methyl sites for hydroxylation is 1. The number of carbonyl (C=O) groups excluding carboxylic acids is 1. The number of nitrogens with zero attached hydrogens (tertiary/aromatic N) is 2. The van der Waals surface area contributed by atoms with Crippen LogP contribution in [0.4, 0.5) is 5.82 Å². The molecule has 1 aliphatic rings. The molecule has 1 atom stereocenters. The van der Waals surface area contributed by atoms with Crippen molar-refractivity contribution in [2.45, 2.75) is 47.1 Å². The van der Waals surface area contributed by atoms with Gasteiger partial charge in [0.1, 0.15) is 11.4 Å². The zero-order valence-electron chi connectivity index (χ0n) is 17.2. The minimum atomic E-state index is -0.480. The number of rotatable bonds is 7. The predicted octanol–water partition coefficient (Wildman–Crippen LogP) is 2.15. The Kier molecular flexibility index (Phi) is 7.44. The molecule has 0 aromatic carbocycles. The second-order valence-electron chi connectivity index (χ2n) is 7.94. The third-order valence-corrected chi connectivity index (χ3v) is 4.72. The number of morpholine rings is 1. The largest absolute Gasteiger partial charge is 0.477 e. The van der Waals surface area contributed by atoms with Crippen molar-refractivity contribution in [2.24, 2.45) is 5.41 Å². The average Bonchev–Trinajstić information content (AvgIpc) is 2.61. The number of aliphatic hydroxyl groups excluding tert-OH is 1. The van der Waals surface area contributed by atoms with Crippen LogP contribution in [-0.2, 0) is 4.74 Å². The lowest BCUT2D eigenvalue weighted by Gasteiger charge is -2.29. The van der Waals surface area contributed by atoms with Gasteiger partial charge in [0.05, 0.1) is 25.9 Å². The number of carbonyl (C=O) groups is 1. The van der Waals surface area contributed by atoms with Gasteiger partial charge in [-0.05, 0) is 37.3 Å². The molecule has 0 bridgehead atoms. The summed E-state index contributed by atoms with van der Waals surface area (Å²) in [5.74, 6) is 0.935. The molecule has 7 nitrogen and oxygen atoms in total. The van der Waals surface area contributed by atoms with Gasteiger partial charge in [0.15, 0.2) is 0 Å². The van der Waals surface area contributed by atoms with Crippen LogP contribution >= 0.6 is 0 Å². The highest BCUT2D eigenvalue weighted by Crippen LogP contribution is 2.26. The van der Waals surface area contributed by atoms with E-state index >= 15 is 0 Å². The first-order valence-corrected chi connectivity index (χ1v) is 9.67. The molecular weight excluding hydrogens is 346 g/mol. The van der Waals surface area contributed by atoms with E-state index in [4.69, 9.17) is 9.47 Å². The van der Waals surface area contributed by atoms with E-state index in [0.29, 0.717) is 44.2 Å². The van der Waals surface area contributed by atoms with Crippen molar-refractivity contribution >= 4 is 11.7 Å². The summed E-state index contributed by atoms with van der Waals surface area (Å²) < 4.78 is 11.1. The van der Waals surface area contributed by atoms with E-state index in [9.17, 15) is 9.90 Å². The molecule has 1 aliphatic heterocycles. The lowest BCUT2D eigenvalue weighted by atomic mass is 9.87. The molecule has 2 heterocycles. The third-order valence-electron chi connectivity index (χ3n) is 4.72. The number of hydrogen-bond donors (Lipinski definition) is 2. The normalized spacial score (nSPS) is 16.1. The van der Waals surface area contributed by atoms with E-state index in [0.717, 1.165) is 24.5 Å². The highest BCUT2D eigenvalue weighted by molar-refractivity contribution is 5.98. The van der Waals surface area contributed by atoms with Crippen molar-refractivity contribution in [1.29, 1.82) is 0 Å². The summed E-state index contributed by atoms with van der Waals surface area (Å²) in [6.45, 7) is 13.4. The molecule has 7 heteroatoms. The SMILES string of the molecule is CCOc1nc(N2CCOCC2)cc(C)c1C(=O)NCCC(O)C(C)(C)C. The van der Waals surface area contributed by atoms with Crippen LogP contribution in [0.25, 0.3) is 0 Å². The summed E-state index contributed by atoms with van der Waals surface area (Å²) in [6, 6.07) is 1.92. The lowest BCUT2D eigenvalue weighted by Crippen LogP contribution is -2.37. The molecule has 27 heavy (non-hydrogen) atoms. The van der Waals surface area contributed by atoms with Gasteiger partial charge in [-0.15, -0.1) is 0 Å². The van der Waals surface area contributed by atoms with Gasteiger partial charge in [-0.25, -0.2) is 0 Å². The minimum absolute atomic E-state index is 0.210. The van der Waals surface area contributed by atoms with E-state index in [1.807, 2.05) is 40.7 Å². The van der Waals surface area contributed by atoms with Crippen LogP contribution in [0.15, 0.2) is 6.07 Å². The van der Waals surface area contributed by atoms with E-state index in [-0.39, 0.29) is 11.3 Å². The van der Waals surface area contributed by atoms with Crippen LogP contribution in [0.1, 0.15) is 50.0 Å². The van der Waals surface area contributed by atoms with Gasteiger partial charge >= 0.3 is 0 Å². The summed E-state index contributed by atoms with van der Waals surface area (Å²) in [5.41, 5.74) is 1.07. The zero-order valence-corrected chi connectivity index (χ0v) is 17.2. The molecular formula is C20H33N3O4. The molecule has 1 unspecified atom stereocenters. The quantitative estimate of drug-likeness (QED) is 0.755. The van der Waals surface area contributed by atoms with Gasteiger partial charge in [0.2, 0.25) is 5.88 Å². The average molecular weight is 380 g/mol. The van der Waals surface area contributed by atoms with E-state index in [1.165, 1.54) is 0 Å². The Labute approximate surface area is 162 Å². The maximum absolute atomic E-state index is 12.7. The van der Waals surface area contributed by atoms with Crippen molar-refractivity contribution in [3.05, 3.63) is 17.2 Å². The van der Waals surface area contributed by atoms with Crippen molar-refractivity contribution in [2.75, 3.05) is 44.4 Å². The number of aromatic nitrogens is 1. The Bertz CT molecular complexity index is 637. The number of amides is 1. The topological polar surface area (TPSA) is 83.9 Å². The summed E-state index contributed by atoms with van der Waals surface area (Å²) in [6.07, 6.45) is 0.0180. The predicted molar refractivity (Wildman–Crippen MR) is 106 cm³/mol. The maximum Gasteiger partial charge on any atom is 0.257 e. The summed E-state index contributed by atoms with van der Waals surface area (Å²) in [5, 5.41) is 13.0. The van der Waals surface area contributed by atoms with Gasteiger partial charge in [-0.3, -0.25) is 4.79 Å². The fraction of sp³-hybridized carbons (Fsp3) is 0.700. The summed E-state index contributed by atoms with van der Waals surface area (Å²) in [7, 11) is 0. The van der Waals surface area contributed by atoms with E-state index in [1.54, 1.807) is 0 Å². The monoisotopic (exact) mass is 379 g/mol. The highest BCUT2D eigenvalue weighted by Gasteiger charge is 2.24. The van der Waals surface area contributed by atoms with Crippen LogP contribution < -0.4 is 15.0 Å². The Morgan fingerprint density at radius 2 is 2.07 bits per heavy atom. The Hall–Kier alpha value is -1.86. The van der Waals surface area contributed by atoms with Crippen LogP contribution in [0.2, 0.25) is 0 Å². The number of hydrogen-bond acceptors (Lipinski definition) is 6. The molecule has 0 radical (unpaired) electrons. The molecule has 1 amide bonds. The first-order valence-electron chi connectivity index (χ1n) is 9.67. The van der Waals surface area contributed by atoms with E-state index in [2.05, 4.69) is 15.2 Å². The fourth-order valence-electron chi connectivity index (χ4n) is 2.94. The molecule has 152 valence electrons. The highest BCUT2D eigenvalue weighted by atomic mass is 16.5. The Balaban J connectivity index is 2.13. The van der Waals surface area contributed by atoms with Crippen molar-refractivity contribution in [3.8, 4) is 5.88 Å². The first kappa shape index (κ1) is 21.4. The van der Waals surface area contributed by atoms with Gasteiger partial charge < -0.3 is 24.8 Å². The van der Waals surface area contributed by atoms with Crippen molar-refractivity contribution in [1.82, 2.24) is 10.3 Å². The van der Waals surface area contributed by atoms with Crippen LogP contribution in [0, 0.1) is 12.3 Å². The number of nitrogens with one attached hydrogen (secondary N) is 1. The number of ether oxygens (including phenoxy) is 2. The number of aliphatic hydroxyl groups is 1. The second-order valence-corrected chi connectivity index (χ2v) is 7.94. The molecule has 1 saturated heterocycles. The first-order chi connectivity index (χ1) is 12.7. The Morgan fingerprint density at radius 1 is 1.41 bits per heavy atom. The minimum Gasteiger partial charge on any atom is -0.477 e. The van der Waals surface area contributed by atoms with Crippen LogP contribution in [0.5, 0.6) is 5.88 Å². The lowest BCUT2D eigenvalue weighted by molar-refractivity contribution is 0.0550. The standard InChI is InChI=1S/C20H33N3O4/c1-6-27-19-17(18(25)21-8-7-15(24)20(3,4)5)14(2)13-16(22-19)23-9-11-26-12-10-23/h13,15,24H,6-12H2,1-5H3,(H,21,25).